The van der Waals surface area contributed by atoms with E-state index in [1.165, 1.54) is 24.1 Å². The number of hydrogen-bond donors (Lipinski definition) is 1. The fourth-order valence-electron chi connectivity index (χ4n) is 3.27. The summed E-state index contributed by atoms with van der Waals surface area (Å²) in [6.45, 7) is 0.184. The highest BCUT2D eigenvalue weighted by Gasteiger charge is 2.41. The van der Waals surface area contributed by atoms with Crippen molar-refractivity contribution < 1.29 is 27.1 Å². The molecule has 2 atom stereocenters. The number of nitrogens with zero attached hydrogens (tertiary/aromatic N) is 1. The molecule has 25 heavy (non-hydrogen) atoms. The van der Waals surface area contributed by atoms with Crippen molar-refractivity contribution in [2.45, 2.75) is 18.9 Å². The van der Waals surface area contributed by atoms with Crippen molar-refractivity contribution in [2.24, 2.45) is 5.92 Å². The lowest BCUT2D eigenvalue weighted by molar-refractivity contribution is -0.129. The average molecular weight is 370 g/mol. The van der Waals surface area contributed by atoms with E-state index in [-0.39, 0.29) is 53.8 Å². The minimum atomic E-state index is -3.10. The van der Waals surface area contributed by atoms with E-state index in [9.17, 15) is 22.4 Å². The molecule has 1 aromatic rings. The Hall–Kier alpha value is -2.16. The highest BCUT2D eigenvalue weighted by molar-refractivity contribution is 7.91. The number of benzene rings is 1. The molecular formula is C16H19FN2O5S. The first-order chi connectivity index (χ1) is 11.8. The van der Waals surface area contributed by atoms with Gasteiger partial charge in [0.15, 0.2) is 21.4 Å². The zero-order valence-electron chi connectivity index (χ0n) is 13.7. The fraction of sp³-hybridized carbons (Fsp3) is 0.500. The molecule has 2 aliphatic heterocycles. The maximum absolute atomic E-state index is 13.7. The van der Waals surface area contributed by atoms with Crippen LogP contribution >= 0.6 is 0 Å². The van der Waals surface area contributed by atoms with Crippen molar-refractivity contribution in [3.8, 4) is 5.75 Å². The number of carbonyl (C=O) groups is 2. The molecule has 0 radical (unpaired) electrons. The number of amides is 2. The molecule has 1 aromatic carbocycles. The number of rotatable bonds is 4. The third kappa shape index (κ3) is 3.76. The predicted octanol–water partition coefficient (Wildman–Crippen LogP) is 0.808. The number of methoxy groups -OCH3 is 1. The van der Waals surface area contributed by atoms with Crippen molar-refractivity contribution >= 4 is 27.3 Å². The quantitative estimate of drug-likeness (QED) is 0.847. The first-order valence-corrected chi connectivity index (χ1v) is 9.75. The van der Waals surface area contributed by atoms with Crippen LogP contribution in [0.5, 0.6) is 5.75 Å². The number of hydrogen-bond acceptors (Lipinski definition) is 5. The standard InChI is InChI=1S/C16H19FN2O5S/c1-24-14-3-2-11(7-13(14)17)18-16(21)10-6-15(20)19(8-10)12-4-5-25(22,23)9-12/h2-3,7,10,12H,4-6,8-9H2,1H3,(H,18,21). The van der Waals surface area contributed by atoms with Crippen LogP contribution in [-0.2, 0) is 19.4 Å². The van der Waals surface area contributed by atoms with Crippen molar-refractivity contribution in [1.29, 1.82) is 0 Å². The van der Waals surface area contributed by atoms with Crippen LogP contribution in [0.2, 0.25) is 0 Å². The van der Waals surface area contributed by atoms with Crippen molar-refractivity contribution in [1.82, 2.24) is 4.90 Å². The van der Waals surface area contributed by atoms with Crippen LogP contribution in [0.4, 0.5) is 10.1 Å². The summed E-state index contributed by atoms with van der Waals surface area (Å²) in [7, 11) is -1.76. The highest BCUT2D eigenvalue weighted by atomic mass is 32.2. The Morgan fingerprint density at radius 3 is 2.76 bits per heavy atom. The van der Waals surface area contributed by atoms with Crippen LogP contribution in [-0.4, -0.2) is 56.3 Å². The second kappa shape index (κ2) is 6.62. The summed E-state index contributed by atoms with van der Waals surface area (Å²) in [4.78, 5) is 26.0. The maximum atomic E-state index is 13.7. The van der Waals surface area contributed by atoms with E-state index in [0.717, 1.165) is 6.07 Å². The van der Waals surface area contributed by atoms with E-state index < -0.39 is 21.6 Å². The summed E-state index contributed by atoms with van der Waals surface area (Å²) < 4.78 is 41.7. The number of carbonyl (C=O) groups excluding carboxylic acids is 2. The number of nitrogens with one attached hydrogen (secondary N) is 1. The SMILES string of the molecule is COc1ccc(NC(=O)C2CC(=O)N(C3CCS(=O)(=O)C3)C2)cc1F. The fourth-order valence-corrected chi connectivity index (χ4v) is 5.00. The Morgan fingerprint density at radius 1 is 1.40 bits per heavy atom. The zero-order chi connectivity index (χ0) is 18.2. The number of halogens is 1. The summed E-state index contributed by atoms with van der Waals surface area (Å²) in [5.74, 6) is -1.69. The van der Waals surface area contributed by atoms with Crippen molar-refractivity contribution in [2.75, 3.05) is 30.5 Å². The molecule has 2 amide bonds. The summed E-state index contributed by atoms with van der Waals surface area (Å²) >= 11 is 0. The number of likely N-dealkylation sites (tertiary alicyclic amines) is 1. The Labute approximate surface area is 145 Å². The van der Waals surface area contributed by atoms with Gasteiger partial charge in [0, 0.05) is 30.8 Å². The second-order valence-electron chi connectivity index (χ2n) is 6.34. The molecule has 2 saturated heterocycles. The van der Waals surface area contributed by atoms with Crippen LogP contribution in [0.3, 0.4) is 0 Å². The molecular weight excluding hydrogens is 351 g/mol. The number of sulfone groups is 1. The Bertz CT molecular complexity index is 811. The van der Waals surface area contributed by atoms with Gasteiger partial charge < -0.3 is 15.0 Å². The normalized spacial score (nSPS) is 25.2. The van der Waals surface area contributed by atoms with Gasteiger partial charge in [-0.1, -0.05) is 0 Å². The van der Waals surface area contributed by atoms with Gasteiger partial charge in [-0.05, 0) is 18.6 Å². The van der Waals surface area contributed by atoms with Crippen LogP contribution in [0, 0.1) is 11.7 Å². The number of anilines is 1. The molecule has 0 aromatic heterocycles. The summed E-state index contributed by atoms with van der Waals surface area (Å²) in [6.07, 6.45) is 0.438. The van der Waals surface area contributed by atoms with Crippen molar-refractivity contribution in [3.63, 3.8) is 0 Å². The first kappa shape index (κ1) is 17.7. The maximum Gasteiger partial charge on any atom is 0.229 e. The van der Waals surface area contributed by atoms with Crippen LogP contribution in [0.15, 0.2) is 18.2 Å². The third-order valence-electron chi connectivity index (χ3n) is 4.60. The van der Waals surface area contributed by atoms with Gasteiger partial charge in [0.2, 0.25) is 11.8 Å². The molecule has 2 fully saturated rings. The molecule has 0 bridgehead atoms. The Kier molecular flexibility index (Phi) is 4.68. The van der Waals surface area contributed by atoms with Crippen LogP contribution < -0.4 is 10.1 Å². The van der Waals surface area contributed by atoms with E-state index in [1.807, 2.05) is 0 Å². The lowest BCUT2D eigenvalue weighted by Gasteiger charge is -2.22. The lowest BCUT2D eigenvalue weighted by Crippen LogP contribution is -2.38. The molecule has 7 nitrogen and oxygen atoms in total. The topological polar surface area (TPSA) is 92.8 Å². The molecule has 3 rings (SSSR count). The molecule has 2 unspecified atom stereocenters. The highest BCUT2D eigenvalue weighted by Crippen LogP contribution is 2.27. The molecule has 1 N–H and O–H groups in total. The minimum absolute atomic E-state index is 0.0288. The van der Waals surface area contributed by atoms with Gasteiger partial charge in [0.25, 0.3) is 0 Å². The lowest BCUT2D eigenvalue weighted by atomic mass is 10.1. The summed E-state index contributed by atoms with van der Waals surface area (Å²) in [6, 6.07) is 3.71. The third-order valence-corrected chi connectivity index (χ3v) is 6.35. The monoisotopic (exact) mass is 370 g/mol. The molecule has 9 heteroatoms. The molecule has 2 heterocycles. The zero-order valence-corrected chi connectivity index (χ0v) is 14.5. The average Bonchev–Trinajstić information content (AvgIpc) is 3.10. The van der Waals surface area contributed by atoms with Crippen LogP contribution in [0.1, 0.15) is 12.8 Å². The Morgan fingerprint density at radius 2 is 2.16 bits per heavy atom. The van der Waals surface area contributed by atoms with Gasteiger partial charge in [0.05, 0.1) is 24.5 Å². The van der Waals surface area contributed by atoms with Gasteiger partial charge in [-0.2, -0.15) is 0 Å². The minimum Gasteiger partial charge on any atom is -0.494 e. The van der Waals surface area contributed by atoms with E-state index in [2.05, 4.69) is 5.32 Å². The number of ether oxygens (including phenoxy) is 1. The van der Waals surface area contributed by atoms with Gasteiger partial charge in [-0.3, -0.25) is 9.59 Å². The van der Waals surface area contributed by atoms with Crippen LogP contribution in [0.25, 0.3) is 0 Å². The van der Waals surface area contributed by atoms with E-state index in [4.69, 9.17) is 4.74 Å². The van der Waals surface area contributed by atoms with Crippen molar-refractivity contribution in [3.05, 3.63) is 24.0 Å². The summed E-state index contributed by atoms with van der Waals surface area (Å²) in [5.41, 5.74) is 0.276. The molecule has 2 aliphatic rings. The molecule has 0 aliphatic carbocycles. The van der Waals surface area contributed by atoms with E-state index in [0.29, 0.717) is 6.42 Å². The smallest absolute Gasteiger partial charge is 0.229 e. The second-order valence-corrected chi connectivity index (χ2v) is 8.57. The summed E-state index contributed by atoms with van der Waals surface area (Å²) in [5, 5.41) is 2.59. The van der Waals surface area contributed by atoms with Gasteiger partial charge in [-0.15, -0.1) is 0 Å². The Balaban J connectivity index is 1.64. The largest absolute Gasteiger partial charge is 0.494 e. The molecule has 0 spiro atoms. The molecule has 0 saturated carbocycles. The van der Waals surface area contributed by atoms with Gasteiger partial charge in [0.1, 0.15) is 0 Å². The van der Waals surface area contributed by atoms with E-state index >= 15 is 0 Å². The molecule has 136 valence electrons. The first-order valence-electron chi connectivity index (χ1n) is 7.93. The van der Waals surface area contributed by atoms with Gasteiger partial charge >= 0.3 is 0 Å². The van der Waals surface area contributed by atoms with Gasteiger partial charge in [-0.25, -0.2) is 12.8 Å². The predicted molar refractivity (Wildman–Crippen MR) is 88.5 cm³/mol. The van der Waals surface area contributed by atoms with E-state index in [1.54, 1.807) is 0 Å².